The minimum Gasteiger partial charge on any atom is -0.508 e. The van der Waals surface area contributed by atoms with E-state index in [0.717, 1.165) is 18.9 Å². The molecule has 6 nitrogen and oxygen atoms in total. The highest BCUT2D eigenvalue weighted by Gasteiger charge is 2.31. The third-order valence-corrected chi connectivity index (χ3v) is 4.43. The van der Waals surface area contributed by atoms with Gasteiger partial charge >= 0.3 is 5.63 Å². The Morgan fingerprint density at radius 3 is 2.56 bits per heavy atom. The van der Waals surface area contributed by atoms with E-state index in [-0.39, 0.29) is 41.4 Å². The molecular formula is C19H20O6. The van der Waals surface area contributed by atoms with Gasteiger partial charge in [-0.25, -0.2) is 4.79 Å². The Morgan fingerprint density at radius 2 is 1.88 bits per heavy atom. The first-order valence-corrected chi connectivity index (χ1v) is 8.34. The lowest BCUT2D eigenvalue weighted by atomic mass is 9.81. The zero-order chi connectivity index (χ0) is 18.1. The van der Waals surface area contributed by atoms with Crippen LogP contribution in [0.5, 0.6) is 11.5 Å². The Hall–Kier alpha value is -2.60. The first-order valence-electron chi connectivity index (χ1n) is 8.34. The number of Topliss-reactive ketones (excluding diaryl/α,β-unsaturated/α-hetero) is 1. The monoisotopic (exact) mass is 344 g/mol. The number of phenols is 1. The highest BCUT2D eigenvalue weighted by Crippen LogP contribution is 2.40. The molecule has 0 bridgehead atoms. The molecule has 0 fully saturated rings. The standard InChI is InChI=1S/C19H20O6/c1-2-3-4-10-5-14(22)19-13(6-11(20)7-15(19)23)18(10)16-8-12(21)9-17(24)25-16/h5,8-9,11,20-22H,2-4,6-7H2,1H3. The SMILES string of the molecule is CCCCc1cc(O)c2c(c1-c1cc(O)cc(=O)o1)CC(O)CC2=O. The fraction of sp³-hybridized carbons (Fsp3) is 0.368. The number of hydrogen-bond donors (Lipinski definition) is 3. The molecule has 0 radical (unpaired) electrons. The van der Waals surface area contributed by atoms with E-state index in [9.17, 15) is 24.9 Å². The number of carbonyl (C=O) groups excluding carboxylic acids is 1. The second kappa shape index (κ2) is 6.72. The summed E-state index contributed by atoms with van der Waals surface area (Å²) in [5.41, 5.74) is 1.13. The number of aromatic hydroxyl groups is 2. The maximum atomic E-state index is 12.3. The van der Waals surface area contributed by atoms with Crippen LogP contribution in [0.2, 0.25) is 0 Å². The number of aliphatic hydroxyl groups is 1. The molecule has 0 saturated heterocycles. The van der Waals surface area contributed by atoms with Gasteiger partial charge in [0.25, 0.3) is 0 Å². The molecule has 0 aliphatic heterocycles. The lowest BCUT2D eigenvalue weighted by molar-refractivity contribution is 0.0850. The molecule has 6 heteroatoms. The molecule has 1 heterocycles. The zero-order valence-corrected chi connectivity index (χ0v) is 13.9. The molecule has 3 rings (SSSR count). The molecule has 0 spiro atoms. The third-order valence-electron chi connectivity index (χ3n) is 4.43. The van der Waals surface area contributed by atoms with Crippen molar-refractivity contribution in [2.45, 2.75) is 45.1 Å². The second-order valence-corrected chi connectivity index (χ2v) is 6.37. The van der Waals surface area contributed by atoms with Crippen LogP contribution in [0.1, 0.15) is 47.7 Å². The number of ketones is 1. The number of carbonyl (C=O) groups is 1. The van der Waals surface area contributed by atoms with Crippen molar-refractivity contribution >= 4 is 5.78 Å². The summed E-state index contributed by atoms with van der Waals surface area (Å²) >= 11 is 0. The smallest absolute Gasteiger partial charge is 0.339 e. The normalized spacial score (nSPS) is 16.7. The summed E-state index contributed by atoms with van der Waals surface area (Å²) in [6, 6.07) is 3.79. The average Bonchev–Trinajstić information content (AvgIpc) is 2.50. The van der Waals surface area contributed by atoms with Crippen molar-refractivity contribution in [2.75, 3.05) is 0 Å². The predicted octanol–water partition coefficient (Wildman–Crippen LogP) is 2.55. The quantitative estimate of drug-likeness (QED) is 0.787. The van der Waals surface area contributed by atoms with Crippen molar-refractivity contribution in [1.82, 2.24) is 0 Å². The maximum Gasteiger partial charge on any atom is 0.339 e. The van der Waals surface area contributed by atoms with Crippen molar-refractivity contribution in [1.29, 1.82) is 0 Å². The maximum absolute atomic E-state index is 12.3. The Labute approximate surface area is 144 Å². The van der Waals surface area contributed by atoms with Gasteiger partial charge in [-0.1, -0.05) is 13.3 Å². The largest absolute Gasteiger partial charge is 0.508 e. The van der Waals surface area contributed by atoms with Gasteiger partial charge in [0.2, 0.25) is 0 Å². The molecule has 1 aromatic carbocycles. The van der Waals surface area contributed by atoms with Gasteiger partial charge in [-0.15, -0.1) is 0 Å². The second-order valence-electron chi connectivity index (χ2n) is 6.37. The van der Waals surface area contributed by atoms with Crippen molar-refractivity contribution in [3.05, 3.63) is 45.3 Å². The van der Waals surface area contributed by atoms with E-state index in [4.69, 9.17) is 4.42 Å². The molecule has 1 aromatic heterocycles. The van der Waals surface area contributed by atoms with Crippen molar-refractivity contribution < 1.29 is 24.5 Å². The van der Waals surface area contributed by atoms with Crippen molar-refractivity contribution in [2.24, 2.45) is 0 Å². The number of rotatable bonds is 4. The van der Waals surface area contributed by atoms with Crippen LogP contribution in [-0.2, 0) is 12.8 Å². The highest BCUT2D eigenvalue weighted by atomic mass is 16.4. The molecule has 1 atom stereocenters. The summed E-state index contributed by atoms with van der Waals surface area (Å²) in [7, 11) is 0. The minimum absolute atomic E-state index is 0.0572. The van der Waals surface area contributed by atoms with E-state index in [2.05, 4.69) is 0 Å². The Balaban J connectivity index is 2.31. The van der Waals surface area contributed by atoms with E-state index in [1.54, 1.807) is 0 Å². The van der Waals surface area contributed by atoms with Crippen LogP contribution in [0.3, 0.4) is 0 Å². The minimum atomic E-state index is -0.858. The fourth-order valence-corrected chi connectivity index (χ4v) is 3.38. The van der Waals surface area contributed by atoms with E-state index in [1.807, 2.05) is 6.92 Å². The van der Waals surface area contributed by atoms with E-state index in [1.165, 1.54) is 12.1 Å². The van der Waals surface area contributed by atoms with Crippen LogP contribution < -0.4 is 5.63 Å². The molecule has 25 heavy (non-hydrogen) atoms. The van der Waals surface area contributed by atoms with Gasteiger partial charge in [0.1, 0.15) is 17.3 Å². The highest BCUT2D eigenvalue weighted by molar-refractivity contribution is 6.03. The average molecular weight is 344 g/mol. The predicted molar refractivity (Wildman–Crippen MR) is 91.0 cm³/mol. The molecular weight excluding hydrogens is 324 g/mol. The van der Waals surface area contributed by atoms with Crippen LogP contribution in [0, 0.1) is 0 Å². The van der Waals surface area contributed by atoms with Crippen LogP contribution in [0.25, 0.3) is 11.3 Å². The molecule has 1 aliphatic rings. The van der Waals surface area contributed by atoms with Crippen molar-refractivity contribution in [3.63, 3.8) is 0 Å². The van der Waals surface area contributed by atoms with Crippen LogP contribution in [0.4, 0.5) is 0 Å². The number of unbranched alkanes of at least 4 members (excludes halogenated alkanes) is 1. The Kier molecular flexibility index (Phi) is 4.63. The summed E-state index contributed by atoms with van der Waals surface area (Å²) in [6.07, 6.45) is 1.62. The molecule has 132 valence electrons. The molecule has 0 saturated carbocycles. The summed E-state index contributed by atoms with van der Waals surface area (Å²) in [4.78, 5) is 24.0. The zero-order valence-electron chi connectivity index (χ0n) is 13.9. The molecule has 0 amide bonds. The molecule has 1 aliphatic carbocycles. The number of fused-ring (bicyclic) bond motifs is 1. The first kappa shape index (κ1) is 17.2. The van der Waals surface area contributed by atoms with Gasteiger partial charge < -0.3 is 19.7 Å². The number of aryl methyl sites for hydroxylation is 1. The van der Waals surface area contributed by atoms with Crippen LogP contribution in [-0.4, -0.2) is 27.2 Å². The summed E-state index contributed by atoms with van der Waals surface area (Å²) in [5.74, 6) is -0.576. The summed E-state index contributed by atoms with van der Waals surface area (Å²) in [6.45, 7) is 2.03. The fourth-order valence-electron chi connectivity index (χ4n) is 3.38. The van der Waals surface area contributed by atoms with Gasteiger partial charge in [-0.2, -0.15) is 0 Å². The summed E-state index contributed by atoms with van der Waals surface area (Å²) < 4.78 is 5.25. The number of hydrogen-bond acceptors (Lipinski definition) is 6. The van der Waals surface area contributed by atoms with Crippen LogP contribution in [0.15, 0.2) is 27.4 Å². The molecule has 2 aromatic rings. The topological polar surface area (TPSA) is 108 Å². The number of aliphatic hydroxyl groups excluding tert-OH is 1. The Bertz CT molecular complexity index is 880. The van der Waals surface area contributed by atoms with Gasteiger partial charge in [-0.3, -0.25) is 4.79 Å². The van der Waals surface area contributed by atoms with Crippen LogP contribution >= 0.6 is 0 Å². The lowest BCUT2D eigenvalue weighted by Gasteiger charge is -2.25. The number of benzene rings is 1. The third kappa shape index (κ3) is 3.30. The first-order chi connectivity index (χ1) is 11.9. The van der Waals surface area contributed by atoms with Gasteiger partial charge in [0, 0.05) is 24.5 Å². The van der Waals surface area contributed by atoms with Gasteiger partial charge in [0.05, 0.1) is 17.7 Å². The van der Waals surface area contributed by atoms with Crippen molar-refractivity contribution in [3.8, 4) is 22.8 Å². The van der Waals surface area contributed by atoms with E-state index >= 15 is 0 Å². The number of phenolic OH excluding ortho intramolecular Hbond substituents is 1. The van der Waals surface area contributed by atoms with Gasteiger partial charge in [0.15, 0.2) is 5.78 Å². The summed E-state index contributed by atoms with van der Waals surface area (Å²) in [5, 5.41) is 30.1. The lowest BCUT2D eigenvalue weighted by Crippen LogP contribution is -2.25. The molecule has 3 N–H and O–H groups in total. The Morgan fingerprint density at radius 1 is 1.12 bits per heavy atom. The van der Waals surface area contributed by atoms with E-state index in [0.29, 0.717) is 23.1 Å². The van der Waals surface area contributed by atoms with E-state index < -0.39 is 11.7 Å². The van der Waals surface area contributed by atoms with Gasteiger partial charge in [-0.05, 0) is 30.0 Å². The molecule has 1 unspecified atom stereocenters.